The number of nitrogens with zero attached hydrogens (tertiary/aromatic N) is 1. The summed E-state index contributed by atoms with van der Waals surface area (Å²) in [5.74, 6) is -0.689. The van der Waals surface area contributed by atoms with Crippen molar-refractivity contribution in [2.24, 2.45) is 0 Å². The number of fused-ring (bicyclic) bond motifs is 1. The average molecular weight is 642 g/mol. The maximum absolute atomic E-state index is 15.6. The second-order valence-corrected chi connectivity index (χ2v) is 11.9. The summed E-state index contributed by atoms with van der Waals surface area (Å²) in [6, 6.07) is 4.80. The van der Waals surface area contributed by atoms with Crippen LogP contribution in [0.2, 0.25) is 0 Å². The number of hydrogen-bond acceptors (Lipinski definition) is 12. The highest BCUT2D eigenvalue weighted by Crippen LogP contribution is 2.49. The number of aliphatic hydroxyl groups is 1. The maximum Gasteiger partial charge on any atom is 0.459 e. The molecule has 0 bridgehead atoms. The Labute approximate surface area is 249 Å². The van der Waals surface area contributed by atoms with Crippen molar-refractivity contribution in [1.29, 1.82) is 0 Å². The molecule has 2 aromatic heterocycles. The number of aromatic nitrogens is 2. The van der Waals surface area contributed by atoms with Gasteiger partial charge in [-0.3, -0.25) is 23.7 Å². The number of aliphatic hydroxyl groups excluding tert-OH is 1. The molecule has 3 heterocycles. The van der Waals surface area contributed by atoms with Crippen LogP contribution in [0.1, 0.15) is 46.4 Å². The van der Waals surface area contributed by atoms with E-state index in [0.717, 1.165) is 34.7 Å². The first-order valence-electron chi connectivity index (χ1n) is 13.4. The van der Waals surface area contributed by atoms with Gasteiger partial charge in [0.1, 0.15) is 18.2 Å². The molecule has 4 rings (SSSR count). The van der Waals surface area contributed by atoms with Gasteiger partial charge >= 0.3 is 25.6 Å². The number of hydrogen-bond donors (Lipinski definition) is 3. The Balaban J connectivity index is 0.00000169. The smallest absolute Gasteiger partial charge is 0.459 e. The van der Waals surface area contributed by atoms with E-state index in [1.165, 1.54) is 13.0 Å². The van der Waals surface area contributed by atoms with Gasteiger partial charge in [-0.05, 0) is 45.7 Å². The summed E-state index contributed by atoms with van der Waals surface area (Å²) >= 11 is 0. The van der Waals surface area contributed by atoms with Crippen LogP contribution < -0.4 is 20.9 Å². The summed E-state index contributed by atoms with van der Waals surface area (Å²) in [4.78, 5) is 54.4. The number of nitrogens with one attached hydrogen (secondary N) is 2. The Morgan fingerprint density at radius 3 is 2.57 bits per heavy atom. The van der Waals surface area contributed by atoms with Crippen molar-refractivity contribution in [2.75, 3.05) is 6.61 Å². The number of aryl methyl sites for hydroxylation is 1. The van der Waals surface area contributed by atoms with Crippen LogP contribution in [0.25, 0.3) is 11.0 Å². The molecule has 0 aliphatic carbocycles. The van der Waals surface area contributed by atoms with Crippen LogP contribution in [-0.2, 0) is 39.4 Å². The molecule has 240 valence electrons. The number of H-pyrrole nitrogens is 1. The van der Waals surface area contributed by atoms with Crippen LogP contribution in [-0.4, -0.2) is 63.4 Å². The van der Waals surface area contributed by atoms with E-state index < -0.39 is 67.8 Å². The van der Waals surface area contributed by atoms with Gasteiger partial charge < -0.3 is 23.5 Å². The van der Waals surface area contributed by atoms with E-state index in [-0.39, 0.29) is 11.9 Å². The Morgan fingerprint density at radius 2 is 1.95 bits per heavy atom. The van der Waals surface area contributed by atoms with Crippen molar-refractivity contribution < 1.29 is 51.4 Å². The minimum Gasteiger partial charge on any atom is -0.462 e. The van der Waals surface area contributed by atoms with Gasteiger partial charge in [0.25, 0.3) is 5.56 Å². The Morgan fingerprint density at radius 1 is 1.27 bits per heavy atom. The molecule has 3 aromatic rings. The summed E-state index contributed by atoms with van der Waals surface area (Å²) in [5.41, 5.74) is -2.99. The lowest BCUT2D eigenvalue weighted by atomic mass is 9.98. The number of carbonyl (C=O) groups excluding carboxylic acids is 3. The molecular formula is C27H33FN3O12P. The van der Waals surface area contributed by atoms with E-state index >= 15 is 4.39 Å². The minimum absolute atomic E-state index is 0.0448. The molecule has 1 saturated heterocycles. The van der Waals surface area contributed by atoms with Crippen molar-refractivity contribution in [3.8, 4) is 5.75 Å². The zero-order valence-corrected chi connectivity index (χ0v) is 25.4. The van der Waals surface area contributed by atoms with Crippen molar-refractivity contribution in [2.45, 2.75) is 77.3 Å². The van der Waals surface area contributed by atoms with Crippen molar-refractivity contribution in [3.05, 3.63) is 63.1 Å². The molecule has 1 aliphatic rings. The van der Waals surface area contributed by atoms with Crippen LogP contribution in [0.5, 0.6) is 5.75 Å². The van der Waals surface area contributed by atoms with E-state index in [4.69, 9.17) is 32.5 Å². The van der Waals surface area contributed by atoms with Crippen molar-refractivity contribution in [3.63, 3.8) is 0 Å². The SMILES string of the molecule is CCc1coc2c(OP(=O)(N[C@@H](C)C(=O)OC(C)C)OC[C@H]3O[C@@H](n4ccc(=O)[nH]c4=O)[C@](C)(F)[C@@H]3O)cccc12.O=C=O. The fourth-order valence-electron chi connectivity index (χ4n) is 4.41. The molecule has 1 aromatic carbocycles. The third kappa shape index (κ3) is 7.78. The lowest BCUT2D eigenvalue weighted by Gasteiger charge is -2.25. The lowest BCUT2D eigenvalue weighted by Crippen LogP contribution is -2.43. The number of furan rings is 1. The number of para-hydroxylation sites is 1. The van der Waals surface area contributed by atoms with E-state index in [9.17, 15) is 24.1 Å². The minimum atomic E-state index is -4.47. The van der Waals surface area contributed by atoms with Crippen molar-refractivity contribution >= 4 is 30.8 Å². The van der Waals surface area contributed by atoms with E-state index in [2.05, 4.69) is 5.09 Å². The number of esters is 1. The second kappa shape index (κ2) is 14.2. The Bertz CT molecular complexity index is 1660. The molecule has 0 radical (unpaired) electrons. The lowest BCUT2D eigenvalue weighted by molar-refractivity contribution is -0.191. The zero-order valence-electron chi connectivity index (χ0n) is 24.5. The standard InChI is InChI=1S/C26H33FN3O10P.CO2/c1-6-16-12-36-21-17(16)8-7-9-18(21)40-41(35,29-15(4)23(33)38-14(2)3)37-13-19-22(32)26(5,27)24(39-19)30-11-10-20(31)28-25(30)34;2-1-3/h7-12,14-15,19,22,24,32H,6,13H2,1-5H3,(H,29,35)(H,28,31,34);/t15-,19+,22+,24+,26+,41?;/m0./s1. The van der Waals surface area contributed by atoms with Gasteiger partial charge in [-0.1, -0.05) is 19.1 Å². The predicted octanol–water partition coefficient (Wildman–Crippen LogP) is 2.38. The largest absolute Gasteiger partial charge is 0.462 e. The van der Waals surface area contributed by atoms with Crippen LogP contribution in [0.15, 0.2) is 50.7 Å². The predicted molar refractivity (Wildman–Crippen MR) is 149 cm³/mol. The number of carbonyl (C=O) groups is 1. The first-order valence-corrected chi connectivity index (χ1v) is 15.0. The van der Waals surface area contributed by atoms with Gasteiger partial charge in [0.2, 0.25) is 0 Å². The van der Waals surface area contributed by atoms with Crippen molar-refractivity contribution in [1.82, 2.24) is 14.6 Å². The molecule has 1 aliphatic heterocycles. The average Bonchev–Trinajstić information content (AvgIpc) is 3.46. The zero-order chi connectivity index (χ0) is 32.8. The number of alkyl halides is 1. The molecule has 0 saturated carbocycles. The fourth-order valence-corrected chi connectivity index (χ4v) is 5.91. The van der Waals surface area contributed by atoms with E-state index in [0.29, 0.717) is 12.0 Å². The van der Waals surface area contributed by atoms with Crippen LogP contribution in [0.4, 0.5) is 4.39 Å². The first-order chi connectivity index (χ1) is 20.7. The molecule has 17 heteroatoms. The number of benzene rings is 1. The highest BCUT2D eigenvalue weighted by molar-refractivity contribution is 7.52. The number of rotatable bonds is 11. The van der Waals surface area contributed by atoms with Gasteiger partial charge in [-0.25, -0.2) is 13.8 Å². The Hall–Kier alpha value is -3.91. The fraction of sp³-hybridized carbons (Fsp3) is 0.481. The summed E-state index contributed by atoms with van der Waals surface area (Å²) in [5, 5.41) is 14.0. The molecule has 1 unspecified atom stereocenters. The first kappa shape index (κ1) is 34.6. The molecule has 0 amide bonds. The van der Waals surface area contributed by atoms with Gasteiger partial charge in [0, 0.05) is 17.6 Å². The number of halogens is 1. The molecule has 3 N–H and O–H groups in total. The third-order valence-corrected chi connectivity index (χ3v) is 8.16. The van der Waals surface area contributed by atoms with Crippen LogP contribution >= 0.6 is 7.75 Å². The maximum atomic E-state index is 15.6. The molecule has 1 fully saturated rings. The molecule has 0 spiro atoms. The van der Waals surface area contributed by atoms with Gasteiger partial charge in [0.15, 0.2) is 23.2 Å². The molecule has 15 nitrogen and oxygen atoms in total. The van der Waals surface area contributed by atoms with Crippen LogP contribution in [0, 0.1) is 0 Å². The summed E-state index contributed by atoms with van der Waals surface area (Å²) in [7, 11) is -4.47. The third-order valence-electron chi connectivity index (χ3n) is 6.53. The van der Waals surface area contributed by atoms with E-state index in [1.807, 2.05) is 11.9 Å². The highest BCUT2D eigenvalue weighted by Gasteiger charge is 2.56. The highest BCUT2D eigenvalue weighted by atomic mass is 31.2. The van der Waals surface area contributed by atoms with Crippen LogP contribution in [0.3, 0.4) is 0 Å². The van der Waals surface area contributed by atoms with Gasteiger partial charge in [0.05, 0.1) is 19.0 Å². The summed E-state index contributed by atoms with van der Waals surface area (Å²) in [6.45, 7) is 6.97. The second-order valence-electron chi connectivity index (χ2n) is 10.2. The Kier molecular flexibility index (Phi) is 11.2. The topological polar surface area (TPSA) is 205 Å². The quantitative estimate of drug-likeness (QED) is 0.203. The van der Waals surface area contributed by atoms with Gasteiger partial charge in [-0.2, -0.15) is 14.7 Å². The van der Waals surface area contributed by atoms with Gasteiger partial charge in [-0.15, -0.1) is 0 Å². The summed E-state index contributed by atoms with van der Waals surface area (Å²) < 4.78 is 58.3. The molecule has 6 atom stereocenters. The normalized spacial score (nSPS) is 23.3. The van der Waals surface area contributed by atoms with E-state index in [1.54, 1.807) is 32.2 Å². The number of aromatic amines is 1. The molecule has 44 heavy (non-hydrogen) atoms. The number of ether oxygens (including phenoxy) is 2. The summed E-state index contributed by atoms with van der Waals surface area (Å²) in [6.07, 6.45) is -1.88. The molecular weight excluding hydrogens is 608 g/mol. The monoisotopic (exact) mass is 641 g/mol.